The molecule has 5 rings (SSSR count). The minimum absolute atomic E-state index is 0.125. The van der Waals surface area contributed by atoms with Crippen LogP contribution in [0.3, 0.4) is 0 Å². The van der Waals surface area contributed by atoms with E-state index < -0.39 is 5.91 Å². The van der Waals surface area contributed by atoms with Crippen LogP contribution in [-0.4, -0.2) is 24.3 Å². The largest absolute Gasteiger partial charge is 0.343 e. The highest BCUT2D eigenvalue weighted by Crippen LogP contribution is 2.61. The van der Waals surface area contributed by atoms with Gasteiger partial charge in [0.05, 0.1) is 6.54 Å². The molecule has 0 aliphatic heterocycles. The Morgan fingerprint density at radius 2 is 1.41 bits per heavy atom. The molecular formula is C21H27N3O3. The second-order valence-corrected chi connectivity index (χ2v) is 8.74. The van der Waals surface area contributed by atoms with Gasteiger partial charge in [0.25, 0.3) is 11.8 Å². The predicted octanol–water partition coefficient (Wildman–Crippen LogP) is 2.17. The van der Waals surface area contributed by atoms with E-state index in [4.69, 9.17) is 0 Å². The molecule has 0 aromatic heterocycles. The van der Waals surface area contributed by atoms with Gasteiger partial charge in [-0.2, -0.15) is 0 Å². The smallest absolute Gasteiger partial charge is 0.257 e. The second kappa shape index (κ2) is 7.33. The molecule has 4 bridgehead atoms. The number of benzene rings is 1. The molecule has 4 aliphatic rings. The third-order valence-corrected chi connectivity index (χ3v) is 6.49. The van der Waals surface area contributed by atoms with Gasteiger partial charge in [-0.3, -0.25) is 25.2 Å². The summed E-state index contributed by atoms with van der Waals surface area (Å²) in [5.74, 6) is 1.52. The summed E-state index contributed by atoms with van der Waals surface area (Å²) in [5, 5.41) is 2.55. The fourth-order valence-corrected chi connectivity index (χ4v) is 5.93. The molecule has 3 amide bonds. The fraction of sp³-hybridized carbons (Fsp3) is 0.571. The van der Waals surface area contributed by atoms with Crippen molar-refractivity contribution >= 4 is 17.7 Å². The highest BCUT2D eigenvalue weighted by molar-refractivity contribution is 5.96. The van der Waals surface area contributed by atoms with Gasteiger partial charge in [-0.05, 0) is 73.8 Å². The van der Waals surface area contributed by atoms with Crippen LogP contribution in [0.1, 0.15) is 55.3 Å². The summed E-state index contributed by atoms with van der Waals surface area (Å²) >= 11 is 0. The molecule has 4 fully saturated rings. The van der Waals surface area contributed by atoms with Crippen molar-refractivity contribution in [3.05, 3.63) is 35.9 Å². The van der Waals surface area contributed by atoms with Crippen LogP contribution in [0.2, 0.25) is 0 Å². The van der Waals surface area contributed by atoms with Gasteiger partial charge >= 0.3 is 0 Å². The van der Waals surface area contributed by atoms with Crippen molar-refractivity contribution in [3.8, 4) is 0 Å². The van der Waals surface area contributed by atoms with Crippen LogP contribution in [0.4, 0.5) is 0 Å². The number of amides is 3. The van der Waals surface area contributed by atoms with E-state index in [9.17, 15) is 14.4 Å². The molecule has 0 saturated heterocycles. The quantitative estimate of drug-likeness (QED) is 0.695. The maximum atomic E-state index is 12.4. The van der Waals surface area contributed by atoms with Gasteiger partial charge in [-0.1, -0.05) is 18.2 Å². The third-order valence-electron chi connectivity index (χ3n) is 6.49. The molecule has 6 nitrogen and oxygen atoms in total. The van der Waals surface area contributed by atoms with Crippen LogP contribution in [-0.2, 0) is 9.59 Å². The third kappa shape index (κ3) is 4.15. The molecule has 0 unspecified atom stereocenters. The lowest BCUT2D eigenvalue weighted by Crippen LogP contribution is -2.51. The first kappa shape index (κ1) is 18.0. The number of hydrogen-bond donors (Lipinski definition) is 3. The first-order valence-electron chi connectivity index (χ1n) is 9.92. The molecule has 0 atom stereocenters. The normalized spacial score (nSPS) is 30.6. The zero-order chi connectivity index (χ0) is 18.9. The van der Waals surface area contributed by atoms with Crippen molar-refractivity contribution in [1.82, 2.24) is 16.2 Å². The number of rotatable bonds is 5. The van der Waals surface area contributed by atoms with Crippen LogP contribution in [0.5, 0.6) is 0 Å². The van der Waals surface area contributed by atoms with Crippen LogP contribution < -0.4 is 16.2 Å². The van der Waals surface area contributed by atoms with Crippen molar-refractivity contribution in [2.24, 2.45) is 23.2 Å². The molecular weight excluding hydrogens is 342 g/mol. The Kier molecular flexibility index (Phi) is 4.89. The van der Waals surface area contributed by atoms with Crippen LogP contribution in [0, 0.1) is 23.2 Å². The second-order valence-electron chi connectivity index (χ2n) is 8.74. The molecule has 0 radical (unpaired) electrons. The zero-order valence-electron chi connectivity index (χ0n) is 15.5. The van der Waals surface area contributed by atoms with Crippen molar-refractivity contribution in [1.29, 1.82) is 0 Å². The molecule has 144 valence electrons. The fourth-order valence-electron chi connectivity index (χ4n) is 5.93. The molecule has 27 heavy (non-hydrogen) atoms. The Bertz CT molecular complexity index is 696. The predicted molar refractivity (Wildman–Crippen MR) is 100 cm³/mol. The van der Waals surface area contributed by atoms with Gasteiger partial charge in [0.15, 0.2) is 0 Å². The lowest BCUT2D eigenvalue weighted by Gasteiger charge is -2.56. The maximum absolute atomic E-state index is 12.4. The highest BCUT2D eigenvalue weighted by Gasteiger charge is 2.51. The van der Waals surface area contributed by atoms with E-state index in [2.05, 4.69) is 16.2 Å². The van der Waals surface area contributed by atoms with E-state index in [-0.39, 0.29) is 23.8 Å². The molecule has 3 N–H and O–H groups in total. The molecule has 1 aromatic rings. The topological polar surface area (TPSA) is 87.3 Å². The Morgan fingerprint density at radius 3 is 2.00 bits per heavy atom. The number of carbonyl (C=O) groups is 3. The summed E-state index contributed by atoms with van der Waals surface area (Å²) in [6.45, 7) is -0.175. The monoisotopic (exact) mass is 369 g/mol. The molecule has 0 spiro atoms. The van der Waals surface area contributed by atoms with Gasteiger partial charge in [0.2, 0.25) is 5.91 Å². The number of hydrazine groups is 1. The Morgan fingerprint density at radius 1 is 0.852 bits per heavy atom. The minimum Gasteiger partial charge on any atom is -0.343 e. The molecule has 6 heteroatoms. The summed E-state index contributed by atoms with van der Waals surface area (Å²) in [6, 6.07) is 8.71. The van der Waals surface area contributed by atoms with Crippen molar-refractivity contribution in [3.63, 3.8) is 0 Å². The standard InChI is InChI=1S/C21H27N3O3/c25-18(12-21-9-14-6-15(10-21)8-16(7-14)11-21)23-24-19(26)13-22-20(27)17-4-2-1-3-5-17/h1-5,14-16H,6-13H2,(H,22,27)(H,23,25)(H,24,26). The van der Waals surface area contributed by atoms with Crippen molar-refractivity contribution in [2.45, 2.75) is 44.9 Å². The lowest BCUT2D eigenvalue weighted by molar-refractivity contribution is -0.134. The molecule has 4 aliphatic carbocycles. The van der Waals surface area contributed by atoms with Gasteiger partial charge in [0, 0.05) is 12.0 Å². The van der Waals surface area contributed by atoms with Crippen LogP contribution in [0.25, 0.3) is 0 Å². The van der Waals surface area contributed by atoms with Crippen molar-refractivity contribution < 1.29 is 14.4 Å². The van der Waals surface area contributed by atoms with Gasteiger partial charge in [-0.25, -0.2) is 0 Å². The average Bonchev–Trinajstić information content (AvgIpc) is 2.63. The van der Waals surface area contributed by atoms with E-state index in [0.29, 0.717) is 12.0 Å². The van der Waals surface area contributed by atoms with Crippen LogP contribution >= 0.6 is 0 Å². The van der Waals surface area contributed by atoms with Crippen molar-refractivity contribution in [2.75, 3.05) is 6.54 Å². The summed E-state index contributed by atoms with van der Waals surface area (Å²) in [6.07, 6.45) is 8.01. The first-order valence-corrected chi connectivity index (χ1v) is 9.92. The van der Waals surface area contributed by atoms with E-state index in [1.54, 1.807) is 24.3 Å². The lowest BCUT2D eigenvalue weighted by atomic mass is 9.49. The molecule has 1 aromatic carbocycles. The average molecular weight is 369 g/mol. The summed E-state index contributed by atoms with van der Waals surface area (Å²) < 4.78 is 0. The molecule has 4 saturated carbocycles. The minimum atomic E-state index is -0.432. The summed E-state index contributed by atoms with van der Waals surface area (Å²) in [7, 11) is 0. The number of carbonyl (C=O) groups excluding carboxylic acids is 3. The maximum Gasteiger partial charge on any atom is 0.257 e. The summed E-state index contributed by atoms with van der Waals surface area (Å²) in [4.78, 5) is 36.2. The Hall–Kier alpha value is -2.37. The SMILES string of the molecule is O=C(CNC(=O)c1ccccc1)NNC(=O)CC12CC3CC(CC(C3)C1)C2. The Labute approximate surface area is 159 Å². The van der Waals surface area contributed by atoms with E-state index in [0.717, 1.165) is 37.0 Å². The number of nitrogens with one attached hydrogen (secondary N) is 3. The highest BCUT2D eigenvalue weighted by atomic mass is 16.2. The number of hydrogen-bond acceptors (Lipinski definition) is 3. The van der Waals surface area contributed by atoms with Gasteiger partial charge in [-0.15, -0.1) is 0 Å². The van der Waals surface area contributed by atoms with E-state index >= 15 is 0 Å². The summed E-state index contributed by atoms with van der Waals surface area (Å²) in [5.41, 5.74) is 5.59. The van der Waals surface area contributed by atoms with E-state index in [1.807, 2.05) is 6.07 Å². The van der Waals surface area contributed by atoms with Gasteiger partial charge in [0.1, 0.15) is 0 Å². The first-order chi connectivity index (χ1) is 13.0. The molecule has 0 heterocycles. The Balaban J connectivity index is 1.20. The van der Waals surface area contributed by atoms with Gasteiger partial charge < -0.3 is 5.32 Å². The zero-order valence-corrected chi connectivity index (χ0v) is 15.5. The van der Waals surface area contributed by atoms with Crippen LogP contribution in [0.15, 0.2) is 30.3 Å². The van der Waals surface area contributed by atoms with E-state index in [1.165, 1.54) is 19.3 Å².